The molecule has 2 aliphatic rings. The summed E-state index contributed by atoms with van der Waals surface area (Å²) in [7, 11) is 0. The third-order valence-corrected chi connectivity index (χ3v) is 12.7. The summed E-state index contributed by atoms with van der Waals surface area (Å²) < 4.78 is 0. The standard InChI is InChI=1S/C65H62N2/c1-3-53-26-13-7-5-6-8-16-33-63(53)57-40-37-52(38-41-57)36-39-54(27-19-20-50-66-59-46-42-58(43-47-59)65-35-22-29-56-28-17-18-34-64(56)65)55-44-48-62(49-45-55)67(61-30-14-10-15-31-61)60(4-2)32-21-25-51-23-11-9-12-24-51/h1,4,8-18,20-21,23-24,26,28,30-50,53-54,66H,5-7,19,22,25,27,29H2,2H3/b16-8-,26-13-,32-21-,39-36-,50-20+,60-4+,63-33+. The summed E-state index contributed by atoms with van der Waals surface area (Å²) in [4.78, 5) is 2.34. The second-order valence-corrected chi connectivity index (χ2v) is 17.2. The molecule has 2 nitrogen and oxygen atoms in total. The minimum atomic E-state index is -0.0530. The molecule has 0 saturated heterocycles. The van der Waals surface area contributed by atoms with Crippen molar-refractivity contribution in [3.8, 4) is 12.3 Å². The molecule has 0 radical (unpaired) electrons. The Morgan fingerprint density at radius 1 is 0.746 bits per heavy atom. The second kappa shape index (κ2) is 24.1. The molecule has 1 N–H and O–H groups in total. The van der Waals surface area contributed by atoms with Crippen molar-refractivity contribution in [2.24, 2.45) is 5.92 Å². The molecular formula is C65H62N2. The van der Waals surface area contributed by atoms with Gasteiger partial charge in [-0.05, 0) is 157 Å². The lowest BCUT2D eigenvalue weighted by Crippen LogP contribution is -2.15. The molecular weight excluding hydrogens is 809 g/mol. The average molecular weight is 871 g/mol. The van der Waals surface area contributed by atoms with E-state index in [4.69, 9.17) is 6.42 Å². The van der Waals surface area contributed by atoms with Gasteiger partial charge in [-0.25, -0.2) is 0 Å². The highest BCUT2D eigenvalue weighted by Gasteiger charge is 2.16. The van der Waals surface area contributed by atoms with Crippen molar-refractivity contribution in [2.75, 3.05) is 10.2 Å². The topological polar surface area (TPSA) is 15.3 Å². The fraction of sp³-hybridized carbons (Fsp3) is 0.169. The lowest BCUT2D eigenvalue weighted by Gasteiger charge is -2.27. The Bertz CT molecular complexity index is 2800. The Morgan fingerprint density at radius 2 is 1.46 bits per heavy atom. The van der Waals surface area contributed by atoms with Crippen LogP contribution in [-0.4, -0.2) is 0 Å². The van der Waals surface area contributed by atoms with Gasteiger partial charge < -0.3 is 10.2 Å². The third kappa shape index (κ3) is 12.6. The molecule has 6 aromatic carbocycles. The van der Waals surface area contributed by atoms with Gasteiger partial charge in [0.2, 0.25) is 0 Å². The predicted octanol–water partition coefficient (Wildman–Crippen LogP) is 17.0. The zero-order valence-electron chi connectivity index (χ0n) is 38.9. The van der Waals surface area contributed by atoms with Crippen LogP contribution in [0, 0.1) is 18.3 Å². The van der Waals surface area contributed by atoms with Gasteiger partial charge in [0.15, 0.2) is 0 Å². The summed E-state index contributed by atoms with van der Waals surface area (Å²) in [5.74, 6) is 3.16. The fourth-order valence-electron chi connectivity index (χ4n) is 9.01. The molecule has 2 aliphatic carbocycles. The van der Waals surface area contributed by atoms with E-state index < -0.39 is 0 Å². The van der Waals surface area contributed by atoms with Crippen molar-refractivity contribution in [3.05, 3.63) is 275 Å². The van der Waals surface area contributed by atoms with Crippen molar-refractivity contribution in [1.82, 2.24) is 0 Å². The first kappa shape index (κ1) is 45.9. The van der Waals surface area contributed by atoms with Gasteiger partial charge in [-0.15, -0.1) is 6.42 Å². The molecule has 8 rings (SSSR count). The van der Waals surface area contributed by atoms with Gasteiger partial charge in [-0.2, -0.15) is 0 Å². The second-order valence-electron chi connectivity index (χ2n) is 17.2. The number of aryl methyl sites for hydroxylation is 1. The summed E-state index contributed by atoms with van der Waals surface area (Å²) in [6.45, 7) is 2.12. The van der Waals surface area contributed by atoms with Crippen LogP contribution in [-0.2, 0) is 12.8 Å². The molecule has 332 valence electrons. The number of hydrogen-bond donors (Lipinski definition) is 1. The van der Waals surface area contributed by atoms with Crippen molar-refractivity contribution in [1.29, 1.82) is 0 Å². The minimum absolute atomic E-state index is 0.0530. The van der Waals surface area contributed by atoms with Crippen LogP contribution in [0.3, 0.4) is 0 Å². The van der Waals surface area contributed by atoms with Crippen LogP contribution in [0.25, 0.3) is 17.2 Å². The third-order valence-electron chi connectivity index (χ3n) is 12.7. The largest absolute Gasteiger partial charge is 0.362 e. The molecule has 0 fully saturated rings. The van der Waals surface area contributed by atoms with Crippen LogP contribution < -0.4 is 10.2 Å². The van der Waals surface area contributed by atoms with E-state index in [1.54, 1.807) is 0 Å². The molecule has 0 spiro atoms. The zero-order chi connectivity index (χ0) is 45.9. The molecule has 0 saturated carbocycles. The molecule has 0 heterocycles. The van der Waals surface area contributed by atoms with Gasteiger partial charge in [0.25, 0.3) is 0 Å². The van der Waals surface area contributed by atoms with Gasteiger partial charge in [0, 0.05) is 28.7 Å². The number of rotatable bonds is 16. The fourth-order valence-corrected chi connectivity index (χ4v) is 9.01. The number of anilines is 3. The lowest BCUT2D eigenvalue weighted by atomic mass is 9.87. The molecule has 2 unspecified atom stereocenters. The smallest absolute Gasteiger partial charge is 0.0635 e. The number of nitrogens with one attached hydrogen (secondary N) is 1. The van der Waals surface area contributed by atoms with Gasteiger partial charge in [0.05, 0.1) is 5.92 Å². The number of fused-ring (bicyclic) bond motifs is 1. The van der Waals surface area contributed by atoms with Crippen LogP contribution in [0.4, 0.5) is 17.1 Å². The van der Waals surface area contributed by atoms with E-state index in [-0.39, 0.29) is 11.8 Å². The Labute approximate surface area is 400 Å². The van der Waals surface area contributed by atoms with Gasteiger partial charge in [-0.3, -0.25) is 0 Å². The first-order valence-corrected chi connectivity index (χ1v) is 24.1. The summed E-state index contributed by atoms with van der Waals surface area (Å²) in [5.41, 5.74) is 15.9. The average Bonchev–Trinajstić information content (AvgIpc) is 3.39. The number of nitrogens with zero attached hydrogens (tertiary/aromatic N) is 1. The summed E-state index contributed by atoms with van der Waals surface area (Å²) in [6.07, 6.45) is 43.4. The molecule has 2 heteroatoms. The van der Waals surface area contributed by atoms with Crippen LogP contribution >= 0.6 is 0 Å². The highest BCUT2D eigenvalue weighted by atomic mass is 15.1. The van der Waals surface area contributed by atoms with Crippen LogP contribution in [0.1, 0.15) is 90.3 Å². The predicted molar refractivity (Wildman–Crippen MR) is 289 cm³/mol. The van der Waals surface area contributed by atoms with Crippen molar-refractivity contribution >= 4 is 34.3 Å². The molecule has 0 amide bonds. The molecule has 6 aromatic rings. The quantitative estimate of drug-likeness (QED) is 0.0592. The number of terminal acetylenes is 1. The van der Waals surface area contributed by atoms with E-state index in [1.807, 2.05) is 0 Å². The normalized spacial score (nSPS) is 17.5. The number of allylic oxidation sites excluding steroid dienone is 12. The number of benzene rings is 6. The van der Waals surface area contributed by atoms with E-state index in [2.05, 4.69) is 260 Å². The SMILES string of the molecule is C#CC1/C=C\CCC/C=C\C=C/1c1ccc(/C=C\C(CC/C=C/Nc2ccc(C3=CCCc4ccccc43)cc2)c2ccc(N(C(/C=C\Cc3ccccc3)=C/C)c3ccccc3)cc2)cc1. The van der Waals surface area contributed by atoms with Gasteiger partial charge in [0.1, 0.15) is 0 Å². The maximum absolute atomic E-state index is 6.06. The Kier molecular flexibility index (Phi) is 16.5. The molecule has 0 aliphatic heterocycles. The molecule has 0 aromatic heterocycles. The molecule has 67 heavy (non-hydrogen) atoms. The van der Waals surface area contributed by atoms with E-state index in [0.717, 1.165) is 90.8 Å². The first-order chi connectivity index (χ1) is 33.2. The number of hydrogen-bond acceptors (Lipinski definition) is 2. The maximum atomic E-state index is 6.06. The highest BCUT2D eigenvalue weighted by Crippen LogP contribution is 2.35. The van der Waals surface area contributed by atoms with Crippen molar-refractivity contribution in [3.63, 3.8) is 0 Å². The van der Waals surface area contributed by atoms with E-state index in [9.17, 15) is 0 Å². The zero-order valence-corrected chi connectivity index (χ0v) is 38.9. The highest BCUT2D eigenvalue weighted by molar-refractivity contribution is 5.83. The molecule has 2 atom stereocenters. The number of para-hydroxylation sites is 1. The summed E-state index contributed by atoms with van der Waals surface area (Å²) >= 11 is 0. The Hall–Kier alpha value is -7.60. The van der Waals surface area contributed by atoms with Crippen LogP contribution in [0.15, 0.2) is 236 Å². The molecule has 0 bridgehead atoms. The van der Waals surface area contributed by atoms with Gasteiger partial charge >= 0.3 is 0 Å². The Balaban J connectivity index is 1.01. The first-order valence-electron chi connectivity index (χ1n) is 24.1. The van der Waals surface area contributed by atoms with E-state index in [0.29, 0.717) is 0 Å². The van der Waals surface area contributed by atoms with Gasteiger partial charge in [-0.1, -0.05) is 194 Å². The summed E-state index contributed by atoms with van der Waals surface area (Å²) in [5, 5.41) is 3.53. The van der Waals surface area contributed by atoms with Crippen LogP contribution in [0.5, 0.6) is 0 Å². The van der Waals surface area contributed by atoms with E-state index >= 15 is 0 Å². The van der Waals surface area contributed by atoms with Crippen LogP contribution in [0.2, 0.25) is 0 Å². The summed E-state index contributed by atoms with van der Waals surface area (Å²) in [6, 6.07) is 56.9. The Morgan fingerprint density at radius 3 is 2.24 bits per heavy atom. The maximum Gasteiger partial charge on any atom is 0.0635 e. The monoisotopic (exact) mass is 870 g/mol. The lowest BCUT2D eigenvalue weighted by molar-refractivity contribution is 0.752. The van der Waals surface area contributed by atoms with Crippen molar-refractivity contribution in [2.45, 2.75) is 64.2 Å². The minimum Gasteiger partial charge on any atom is -0.362 e. The van der Waals surface area contributed by atoms with Crippen molar-refractivity contribution < 1.29 is 0 Å². The van der Waals surface area contributed by atoms with E-state index in [1.165, 1.54) is 33.4 Å².